The van der Waals surface area contributed by atoms with Gasteiger partial charge in [-0.1, -0.05) is 19.8 Å². The fraction of sp³-hybridized carbons (Fsp3) is 0.409. The van der Waals surface area contributed by atoms with Crippen molar-refractivity contribution >= 4 is 23.0 Å². The molecule has 0 radical (unpaired) electrons. The Kier molecular flexibility index (Phi) is 5.69. The summed E-state index contributed by atoms with van der Waals surface area (Å²) in [6.07, 6.45) is 2.11. The van der Waals surface area contributed by atoms with E-state index in [9.17, 15) is 28.3 Å². The van der Waals surface area contributed by atoms with E-state index in [0.29, 0.717) is 19.3 Å². The molecule has 2 atom stereocenters. The first-order chi connectivity index (χ1) is 15.7. The van der Waals surface area contributed by atoms with Crippen LogP contribution in [0.5, 0.6) is 0 Å². The first-order valence-corrected chi connectivity index (χ1v) is 10.5. The second-order valence-electron chi connectivity index (χ2n) is 8.15. The number of carboxylic acids is 1. The van der Waals surface area contributed by atoms with E-state index in [-0.39, 0.29) is 33.8 Å². The minimum absolute atomic E-state index is 0.0718. The van der Waals surface area contributed by atoms with Gasteiger partial charge in [-0.2, -0.15) is 18.4 Å². The van der Waals surface area contributed by atoms with Crippen LogP contribution < -0.4 is 5.32 Å². The van der Waals surface area contributed by atoms with E-state index in [1.807, 2.05) is 13.0 Å². The maximum atomic E-state index is 13.2. The minimum atomic E-state index is -4.58. The van der Waals surface area contributed by atoms with E-state index >= 15 is 0 Å². The summed E-state index contributed by atoms with van der Waals surface area (Å²) in [7, 11) is 0. The van der Waals surface area contributed by atoms with Crippen molar-refractivity contribution in [1.29, 1.82) is 5.26 Å². The maximum Gasteiger partial charge on any atom is 0.417 e. The molecular weight excluding hydrogens is 437 g/mol. The number of alkyl halides is 3. The number of nitrogens with zero attached hydrogens (tertiary/aromatic N) is 4. The third-order valence-electron chi connectivity index (χ3n) is 6.42. The highest BCUT2D eigenvalue weighted by Crippen LogP contribution is 2.41. The summed E-state index contributed by atoms with van der Waals surface area (Å²) in [6, 6.07) is 2.50. The number of nitrogens with one attached hydrogen (secondary N) is 2. The summed E-state index contributed by atoms with van der Waals surface area (Å²) in [6.45, 7) is 1.83. The minimum Gasteiger partial charge on any atom is -0.481 e. The Morgan fingerprint density at radius 3 is 2.82 bits per heavy atom. The van der Waals surface area contributed by atoms with Gasteiger partial charge >= 0.3 is 12.1 Å². The number of aliphatic carboxylic acids is 1. The number of H-pyrrole nitrogens is 1. The summed E-state index contributed by atoms with van der Waals surface area (Å²) in [5.74, 6) is -0.775. The van der Waals surface area contributed by atoms with E-state index in [4.69, 9.17) is 0 Å². The number of hydrogen-bond acceptors (Lipinski definition) is 6. The Morgan fingerprint density at radius 1 is 1.36 bits per heavy atom. The number of nitriles is 1. The molecule has 0 saturated heterocycles. The van der Waals surface area contributed by atoms with E-state index in [2.05, 4.69) is 25.3 Å². The number of halogens is 3. The third-order valence-corrected chi connectivity index (χ3v) is 6.42. The Bertz CT molecular complexity index is 1250. The third kappa shape index (κ3) is 3.97. The van der Waals surface area contributed by atoms with Crippen molar-refractivity contribution in [2.45, 2.75) is 51.2 Å². The van der Waals surface area contributed by atoms with E-state index < -0.39 is 29.2 Å². The summed E-state index contributed by atoms with van der Waals surface area (Å²) < 4.78 is 39.6. The average molecular weight is 458 g/mol. The average Bonchev–Trinajstić information content (AvgIpc) is 3.22. The van der Waals surface area contributed by atoms with Gasteiger partial charge in [0.25, 0.3) is 0 Å². The molecule has 0 spiro atoms. The molecule has 0 bridgehead atoms. The lowest BCUT2D eigenvalue weighted by molar-refractivity contribution is -0.152. The van der Waals surface area contributed by atoms with Crippen LogP contribution in [0.2, 0.25) is 0 Å². The van der Waals surface area contributed by atoms with Gasteiger partial charge in [0.1, 0.15) is 11.7 Å². The predicted molar refractivity (Wildman–Crippen MR) is 113 cm³/mol. The highest BCUT2D eigenvalue weighted by atomic mass is 19.4. The molecule has 1 aliphatic rings. The van der Waals surface area contributed by atoms with Gasteiger partial charge in [0, 0.05) is 29.4 Å². The van der Waals surface area contributed by atoms with E-state index in [0.717, 1.165) is 25.1 Å². The molecule has 1 fully saturated rings. The largest absolute Gasteiger partial charge is 0.481 e. The van der Waals surface area contributed by atoms with Gasteiger partial charge in [0.2, 0.25) is 5.95 Å². The summed E-state index contributed by atoms with van der Waals surface area (Å²) in [4.78, 5) is 27.3. The molecule has 8 nitrogen and oxygen atoms in total. The number of carboxylic acid groups (broad SMARTS) is 1. The lowest BCUT2D eigenvalue weighted by atomic mass is 9.68. The van der Waals surface area contributed by atoms with Crippen LogP contribution in [0.3, 0.4) is 0 Å². The molecule has 0 aromatic carbocycles. The van der Waals surface area contributed by atoms with Crippen LogP contribution in [-0.2, 0) is 11.0 Å². The lowest BCUT2D eigenvalue weighted by Crippen LogP contribution is -2.48. The Hall–Kier alpha value is -3.68. The second kappa shape index (κ2) is 8.35. The molecule has 172 valence electrons. The van der Waals surface area contributed by atoms with Crippen LogP contribution in [0, 0.1) is 16.7 Å². The zero-order valence-electron chi connectivity index (χ0n) is 17.7. The zero-order valence-corrected chi connectivity index (χ0v) is 17.7. The van der Waals surface area contributed by atoms with E-state index in [1.54, 1.807) is 0 Å². The number of carbonyl (C=O) groups is 1. The van der Waals surface area contributed by atoms with Crippen LogP contribution in [-0.4, -0.2) is 37.1 Å². The fourth-order valence-electron chi connectivity index (χ4n) is 4.53. The molecular formula is C22H21F3N6O2. The lowest BCUT2D eigenvalue weighted by Gasteiger charge is -2.40. The van der Waals surface area contributed by atoms with Crippen LogP contribution in [0.25, 0.3) is 22.3 Å². The second-order valence-corrected chi connectivity index (χ2v) is 8.15. The van der Waals surface area contributed by atoms with Gasteiger partial charge in [0.05, 0.1) is 28.4 Å². The Labute approximate surface area is 186 Å². The number of anilines is 1. The number of aromatic amines is 1. The number of rotatable bonds is 5. The van der Waals surface area contributed by atoms with Crippen molar-refractivity contribution in [1.82, 2.24) is 19.9 Å². The van der Waals surface area contributed by atoms with Crippen molar-refractivity contribution in [3.05, 3.63) is 35.8 Å². The van der Waals surface area contributed by atoms with Gasteiger partial charge < -0.3 is 15.4 Å². The molecule has 1 saturated carbocycles. The van der Waals surface area contributed by atoms with Crippen LogP contribution in [0.4, 0.5) is 19.1 Å². The van der Waals surface area contributed by atoms with Gasteiger partial charge in [-0.3, -0.25) is 4.79 Å². The highest BCUT2D eigenvalue weighted by Gasteiger charge is 2.46. The van der Waals surface area contributed by atoms with Crippen molar-refractivity contribution < 1.29 is 23.1 Å². The van der Waals surface area contributed by atoms with Gasteiger partial charge in [0.15, 0.2) is 0 Å². The quantitative estimate of drug-likeness (QED) is 0.504. The monoisotopic (exact) mass is 458 g/mol. The van der Waals surface area contributed by atoms with Crippen molar-refractivity contribution in [2.75, 3.05) is 5.32 Å². The summed E-state index contributed by atoms with van der Waals surface area (Å²) in [5, 5.41) is 22.7. The smallest absolute Gasteiger partial charge is 0.417 e. The Balaban J connectivity index is 1.77. The van der Waals surface area contributed by atoms with Gasteiger partial charge in [-0.05, 0) is 25.3 Å². The number of hydrogen-bond donors (Lipinski definition) is 3. The molecule has 3 aromatic rings. The molecule has 33 heavy (non-hydrogen) atoms. The zero-order chi connectivity index (χ0) is 23.8. The first-order valence-electron chi connectivity index (χ1n) is 10.5. The number of fused-ring (bicyclic) bond motifs is 1. The molecule has 0 unspecified atom stereocenters. The van der Waals surface area contributed by atoms with Gasteiger partial charge in [-0.25, -0.2) is 15.0 Å². The molecule has 0 aliphatic heterocycles. The normalized spacial score (nSPS) is 21.0. The Morgan fingerprint density at radius 2 is 2.15 bits per heavy atom. The molecule has 0 amide bonds. The molecule has 4 rings (SSSR count). The van der Waals surface area contributed by atoms with Gasteiger partial charge in [-0.15, -0.1) is 0 Å². The summed E-state index contributed by atoms with van der Waals surface area (Å²) in [5.41, 5.74) is -1.19. The molecule has 11 heteroatoms. The summed E-state index contributed by atoms with van der Waals surface area (Å²) >= 11 is 0. The molecule has 3 heterocycles. The van der Waals surface area contributed by atoms with Crippen molar-refractivity contribution in [2.24, 2.45) is 5.41 Å². The van der Waals surface area contributed by atoms with Crippen LogP contribution in [0.1, 0.15) is 50.2 Å². The predicted octanol–water partition coefficient (Wildman–Crippen LogP) is 4.75. The first kappa shape index (κ1) is 22.5. The standard InChI is InChI=1S/C22H21F3N6O2/c1-2-21(19(32)33)6-4-3-5-16(21)30-20-29-9-12(8-26)17(31-20)15-11-28-18-14(15)7-13(10-27-18)22(23,24)25/h7,9-11,16H,2-6H2,1H3,(H,27,28)(H,32,33)(H,29,30,31)/t16-,21-/m0/s1. The number of aromatic nitrogens is 4. The number of pyridine rings is 1. The molecule has 3 N–H and O–H groups in total. The van der Waals surface area contributed by atoms with Crippen molar-refractivity contribution in [3.8, 4) is 17.3 Å². The molecule has 1 aliphatic carbocycles. The van der Waals surface area contributed by atoms with E-state index in [1.165, 1.54) is 12.4 Å². The maximum absolute atomic E-state index is 13.2. The SMILES string of the molecule is CC[C@]1(C(=O)O)CCCC[C@@H]1Nc1ncc(C#N)c(-c2c[nH]c3ncc(C(F)(F)F)cc23)n1. The molecule has 3 aromatic heterocycles. The van der Waals surface area contributed by atoms with Crippen molar-refractivity contribution in [3.63, 3.8) is 0 Å². The van der Waals surface area contributed by atoms with Crippen LogP contribution in [0.15, 0.2) is 24.7 Å². The fourth-order valence-corrected chi connectivity index (χ4v) is 4.53. The highest BCUT2D eigenvalue weighted by molar-refractivity contribution is 5.94. The topological polar surface area (TPSA) is 128 Å². The van der Waals surface area contributed by atoms with Crippen LogP contribution >= 0.6 is 0 Å².